The molecule has 1 atom stereocenters. The second kappa shape index (κ2) is 6.31. The smallest absolute Gasteiger partial charge is 0.405 e. The van der Waals surface area contributed by atoms with Crippen molar-refractivity contribution in [3.8, 4) is 0 Å². The van der Waals surface area contributed by atoms with Crippen LogP contribution < -0.4 is 10.6 Å². The first kappa shape index (κ1) is 15.5. The summed E-state index contributed by atoms with van der Waals surface area (Å²) < 4.78 is 35.4. The van der Waals surface area contributed by atoms with E-state index in [4.69, 9.17) is 5.11 Å². The van der Waals surface area contributed by atoms with Gasteiger partial charge in [0.1, 0.15) is 6.54 Å². The van der Waals surface area contributed by atoms with Crippen LogP contribution in [-0.4, -0.2) is 35.9 Å². The van der Waals surface area contributed by atoms with Gasteiger partial charge in [0.2, 0.25) is 0 Å². The fraction of sp³-hybridized carbons (Fsp3) is 0.778. The number of urea groups is 1. The second-order valence-corrected chi connectivity index (χ2v) is 3.89. The second-order valence-electron chi connectivity index (χ2n) is 3.89. The van der Waals surface area contributed by atoms with Gasteiger partial charge in [-0.1, -0.05) is 13.8 Å². The van der Waals surface area contributed by atoms with Crippen molar-refractivity contribution >= 4 is 12.0 Å². The van der Waals surface area contributed by atoms with E-state index in [2.05, 4.69) is 5.32 Å². The van der Waals surface area contributed by atoms with E-state index < -0.39 is 30.8 Å². The van der Waals surface area contributed by atoms with Crippen molar-refractivity contribution in [3.63, 3.8) is 0 Å². The molecule has 5 nitrogen and oxygen atoms in total. The monoisotopic (exact) mass is 256 g/mol. The van der Waals surface area contributed by atoms with Crippen LogP contribution in [0.1, 0.15) is 20.3 Å². The van der Waals surface area contributed by atoms with E-state index in [1.807, 2.05) is 0 Å². The Morgan fingerprint density at radius 2 is 1.82 bits per heavy atom. The van der Waals surface area contributed by atoms with E-state index in [0.717, 1.165) is 0 Å². The highest BCUT2D eigenvalue weighted by atomic mass is 19.4. The molecule has 17 heavy (non-hydrogen) atoms. The van der Waals surface area contributed by atoms with Gasteiger partial charge in [-0.05, 0) is 5.92 Å². The Labute approximate surface area is 96.4 Å². The van der Waals surface area contributed by atoms with Crippen molar-refractivity contribution in [2.24, 2.45) is 5.92 Å². The molecule has 100 valence electrons. The minimum Gasteiger partial charge on any atom is -0.481 e. The molecule has 0 aromatic carbocycles. The summed E-state index contributed by atoms with van der Waals surface area (Å²) in [5.41, 5.74) is 0. The molecule has 0 fully saturated rings. The molecule has 0 saturated carbocycles. The number of aliphatic carboxylic acids is 1. The van der Waals surface area contributed by atoms with E-state index in [-0.39, 0.29) is 12.3 Å². The first-order valence-electron chi connectivity index (χ1n) is 4.94. The van der Waals surface area contributed by atoms with Crippen molar-refractivity contribution < 1.29 is 27.9 Å². The molecule has 3 N–H and O–H groups in total. The molecule has 0 spiro atoms. The lowest BCUT2D eigenvalue weighted by Gasteiger charge is -2.21. The van der Waals surface area contributed by atoms with Gasteiger partial charge < -0.3 is 15.7 Å². The molecule has 0 heterocycles. The van der Waals surface area contributed by atoms with E-state index in [1.54, 1.807) is 19.2 Å². The number of hydrogen-bond donors (Lipinski definition) is 3. The van der Waals surface area contributed by atoms with E-state index in [0.29, 0.717) is 0 Å². The summed E-state index contributed by atoms with van der Waals surface area (Å²) >= 11 is 0. The first-order chi connectivity index (χ1) is 7.61. The number of halogens is 3. The van der Waals surface area contributed by atoms with Crippen LogP contribution in [0, 0.1) is 5.92 Å². The van der Waals surface area contributed by atoms with Crippen LogP contribution in [0.15, 0.2) is 0 Å². The molecule has 0 aliphatic rings. The quantitative estimate of drug-likeness (QED) is 0.694. The number of hydrogen-bond acceptors (Lipinski definition) is 2. The Kier molecular flexibility index (Phi) is 5.77. The van der Waals surface area contributed by atoms with Crippen molar-refractivity contribution in [1.29, 1.82) is 0 Å². The van der Waals surface area contributed by atoms with Crippen molar-refractivity contribution in [2.45, 2.75) is 32.5 Å². The fourth-order valence-corrected chi connectivity index (χ4v) is 1.04. The molecule has 1 unspecified atom stereocenters. The first-order valence-corrected chi connectivity index (χ1v) is 4.94. The number of carbonyl (C=O) groups excluding carboxylic acids is 1. The van der Waals surface area contributed by atoms with E-state index in [9.17, 15) is 22.8 Å². The minimum absolute atomic E-state index is 0.192. The lowest BCUT2D eigenvalue weighted by molar-refractivity contribution is -0.137. The standard InChI is InChI=1S/C9H15F3N2O3/c1-5(2)6(3-7(15)16)14-8(17)13-4-9(10,11)12/h5-6H,3-4H2,1-2H3,(H,15,16)(H2,13,14,17). The third-order valence-electron chi connectivity index (χ3n) is 1.97. The van der Waals surface area contributed by atoms with Crippen LogP contribution in [-0.2, 0) is 4.79 Å². The van der Waals surface area contributed by atoms with Crippen LogP contribution >= 0.6 is 0 Å². The maximum absolute atomic E-state index is 11.8. The zero-order chi connectivity index (χ0) is 13.6. The molecule has 0 aliphatic heterocycles. The van der Waals surface area contributed by atoms with Crippen LogP contribution in [0.4, 0.5) is 18.0 Å². The maximum atomic E-state index is 11.8. The average Bonchev–Trinajstić information content (AvgIpc) is 2.11. The highest BCUT2D eigenvalue weighted by Crippen LogP contribution is 2.12. The van der Waals surface area contributed by atoms with Gasteiger partial charge in [-0.25, -0.2) is 4.79 Å². The summed E-state index contributed by atoms with van der Waals surface area (Å²) in [6.45, 7) is 1.88. The van der Waals surface area contributed by atoms with Gasteiger partial charge in [-0.2, -0.15) is 13.2 Å². The molecule has 0 bridgehead atoms. The third-order valence-corrected chi connectivity index (χ3v) is 1.97. The SMILES string of the molecule is CC(C)C(CC(=O)O)NC(=O)NCC(F)(F)F. The Morgan fingerprint density at radius 3 is 2.18 bits per heavy atom. The van der Waals surface area contributed by atoms with Crippen LogP contribution in [0.5, 0.6) is 0 Å². The number of amides is 2. The average molecular weight is 256 g/mol. The largest absolute Gasteiger partial charge is 0.481 e. The maximum Gasteiger partial charge on any atom is 0.405 e. The predicted octanol–water partition coefficient (Wildman–Crippen LogP) is 1.35. The predicted molar refractivity (Wildman–Crippen MR) is 53.5 cm³/mol. The Hall–Kier alpha value is -1.47. The summed E-state index contributed by atoms with van der Waals surface area (Å²) in [4.78, 5) is 21.5. The lowest BCUT2D eigenvalue weighted by Crippen LogP contribution is -2.47. The number of rotatable bonds is 5. The lowest BCUT2D eigenvalue weighted by atomic mass is 10.0. The van der Waals surface area contributed by atoms with Gasteiger partial charge in [0.05, 0.1) is 6.42 Å². The summed E-state index contributed by atoms with van der Waals surface area (Å²) in [5, 5.41) is 12.4. The van der Waals surface area contributed by atoms with Crippen molar-refractivity contribution in [3.05, 3.63) is 0 Å². The summed E-state index contributed by atoms with van der Waals surface area (Å²) in [6.07, 6.45) is -4.82. The molecule has 0 aliphatic carbocycles. The summed E-state index contributed by atoms with van der Waals surface area (Å²) in [5.74, 6) is -1.32. The molecule has 2 amide bonds. The summed E-state index contributed by atoms with van der Waals surface area (Å²) in [6, 6.07) is -1.73. The third kappa shape index (κ3) is 8.35. The Balaban J connectivity index is 4.18. The Morgan fingerprint density at radius 1 is 1.29 bits per heavy atom. The molecular formula is C9H15F3N2O3. The number of nitrogens with one attached hydrogen (secondary N) is 2. The number of alkyl halides is 3. The molecule has 0 rings (SSSR count). The van der Waals surface area contributed by atoms with Gasteiger partial charge >= 0.3 is 18.2 Å². The zero-order valence-corrected chi connectivity index (χ0v) is 9.47. The van der Waals surface area contributed by atoms with Gasteiger partial charge in [-0.3, -0.25) is 4.79 Å². The Bertz CT molecular complexity index is 279. The highest BCUT2D eigenvalue weighted by Gasteiger charge is 2.28. The highest BCUT2D eigenvalue weighted by molar-refractivity contribution is 5.75. The fourth-order valence-electron chi connectivity index (χ4n) is 1.04. The van der Waals surface area contributed by atoms with Gasteiger partial charge in [0, 0.05) is 6.04 Å². The van der Waals surface area contributed by atoms with Crippen molar-refractivity contribution in [2.75, 3.05) is 6.54 Å². The number of carboxylic acid groups (broad SMARTS) is 1. The number of carbonyl (C=O) groups is 2. The molecule has 8 heteroatoms. The van der Waals surface area contributed by atoms with Gasteiger partial charge in [0.15, 0.2) is 0 Å². The molecule has 0 aromatic rings. The van der Waals surface area contributed by atoms with Gasteiger partial charge in [-0.15, -0.1) is 0 Å². The van der Waals surface area contributed by atoms with Crippen LogP contribution in [0.3, 0.4) is 0 Å². The topological polar surface area (TPSA) is 78.4 Å². The molecule has 0 aromatic heterocycles. The molecule has 0 saturated heterocycles. The minimum atomic E-state index is -4.49. The van der Waals surface area contributed by atoms with Gasteiger partial charge in [0.25, 0.3) is 0 Å². The molecule has 0 radical (unpaired) electrons. The van der Waals surface area contributed by atoms with E-state index >= 15 is 0 Å². The zero-order valence-electron chi connectivity index (χ0n) is 9.47. The number of carboxylic acids is 1. The molecular weight excluding hydrogens is 241 g/mol. The van der Waals surface area contributed by atoms with Crippen molar-refractivity contribution in [1.82, 2.24) is 10.6 Å². The van der Waals surface area contributed by atoms with Crippen LogP contribution in [0.25, 0.3) is 0 Å². The summed E-state index contributed by atoms with van der Waals surface area (Å²) in [7, 11) is 0. The normalized spacial score (nSPS) is 13.3. The van der Waals surface area contributed by atoms with E-state index in [1.165, 1.54) is 0 Å². The van der Waals surface area contributed by atoms with Crippen LogP contribution in [0.2, 0.25) is 0 Å².